The molecule has 0 saturated heterocycles. The van der Waals surface area contributed by atoms with Crippen LogP contribution in [0.5, 0.6) is 5.75 Å². The van der Waals surface area contributed by atoms with Crippen LogP contribution in [0.25, 0.3) is 0 Å². The standard InChI is InChI=1S/C22H28N2O3/c1-14-8-7-9-15(2)19(14)27-16(3)20(25)23-18-12-10-17(11-13-18)21(26)24-22(4,5)6/h7-13,16H,1-6H3,(H,23,25)(H,24,26). The first-order valence-corrected chi connectivity index (χ1v) is 9.03. The number of hydrogen-bond acceptors (Lipinski definition) is 3. The topological polar surface area (TPSA) is 67.4 Å². The predicted molar refractivity (Wildman–Crippen MR) is 108 cm³/mol. The summed E-state index contributed by atoms with van der Waals surface area (Å²) < 4.78 is 5.85. The van der Waals surface area contributed by atoms with Gasteiger partial charge in [0.15, 0.2) is 6.10 Å². The summed E-state index contributed by atoms with van der Waals surface area (Å²) in [7, 11) is 0. The maximum atomic E-state index is 12.4. The normalized spacial score (nSPS) is 12.2. The molecule has 1 atom stereocenters. The molecule has 2 N–H and O–H groups in total. The number of ether oxygens (including phenoxy) is 1. The Morgan fingerprint density at radius 2 is 1.52 bits per heavy atom. The lowest BCUT2D eigenvalue weighted by atomic mass is 10.1. The first-order valence-electron chi connectivity index (χ1n) is 9.03. The van der Waals surface area contributed by atoms with Crippen molar-refractivity contribution < 1.29 is 14.3 Å². The molecule has 0 aliphatic carbocycles. The molecule has 0 spiro atoms. The molecule has 0 radical (unpaired) electrons. The van der Waals surface area contributed by atoms with Gasteiger partial charge in [-0.2, -0.15) is 0 Å². The van der Waals surface area contributed by atoms with Crippen molar-refractivity contribution >= 4 is 17.5 Å². The third kappa shape index (κ3) is 5.84. The first kappa shape index (κ1) is 20.5. The van der Waals surface area contributed by atoms with Crippen molar-refractivity contribution in [3.05, 3.63) is 59.2 Å². The zero-order valence-electron chi connectivity index (χ0n) is 16.8. The average Bonchev–Trinajstić information content (AvgIpc) is 2.57. The Labute approximate surface area is 161 Å². The van der Waals surface area contributed by atoms with Crippen molar-refractivity contribution in [2.24, 2.45) is 0 Å². The minimum Gasteiger partial charge on any atom is -0.480 e. The molecule has 2 aromatic carbocycles. The Hall–Kier alpha value is -2.82. The molecule has 0 bridgehead atoms. The molecule has 144 valence electrons. The Bertz CT molecular complexity index is 800. The number of aryl methyl sites for hydroxylation is 2. The molecule has 0 aliphatic heterocycles. The lowest BCUT2D eigenvalue weighted by Crippen LogP contribution is -2.40. The number of carbonyl (C=O) groups excluding carboxylic acids is 2. The van der Waals surface area contributed by atoms with Gasteiger partial charge in [0, 0.05) is 16.8 Å². The van der Waals surface area contributed by atoms with Crippen molar-refractivity contribution in [3.8, 4) is 5.75 Å². The van der Waals surface area contributed by atoms with Gasteiger partial charge in [-0.15, -0.1) is 0 Å². The summed E-state index contributed by atoms with van der Waals surface area (Å²) in [5.74, 6) is 0.339. The maximum Gasteiger partial charge on any atom is 0.265 e. The molecular formula is C22H28N2O3. The van der Waals surface area contributed by atoms with E-state index in [1.165, 1.54) is 0 Å². The van der Waals surface area contributed by atoms with Crippen molar-refractivity contribution in [1.29, 1.82) is 0 Å². The molecule has 0 fully saturated rings. The molecule has 5 nitrogen and oxygen atoms in total. The minimum atomic E-state index is -0.645. The molecule has 0 saturated carbocycles. The van der Waals surface area contributed by atoms with Gasteiger partial charge in [-0.05, 0) is 76.9 Å². The van der Waals surface area contributed by atoms with Gasteiger partial charge in [0.1, 0.15) is 5.75 Å². The van der Waals surface area contributed by atoms with Gasteiger partial charge in [0.25, 0.3) is 11.8 Å². The number of amides is 2. The van der Waals surface area contributed by atoms with Crippen LogP contribution in [0.4, 0.5) is 5.69 Å². The molecule has 5 heteroatoms. The van der Waals surface area contributed by atoms with E-state index in [1.54, 1.807) is 31.2 Å². The quantitative estimate of drug-likeness (QED) is 0.829. The van der Waals surface area contributed by atoms with Crippen LogP contribution in [0.2, 0.25) is 0 Å². The van der Waals surface area contributed by atoms with E-state index in [4.69, 9.17) is 4.74 Å². The fourth-order valence-corrected chi connectivity index (χ4v) is 2.58. The highest BCUT2D eigenvalue weighted by Gasteiger charge is 2.18. The van der Waals surface area contributed by atoms with Crippen molar-refractivity contribution in [1.82, 2.24) is 5.32 Å². The van der Waals surface area contributed by atoms with Crippen LogP contribution in [-0.2, 0) is 4.79 Å². The predicted octanol–water partition coefficient (Wildman–Crippen LogP) is 4.24. The number of nitrogens with one attached hydrogen (secondary N) is 2. The summed E-state index contributed by atoms with van der Waals surface area (Å²) >= 11 is 0. The smallest absolute Gasteiger partial charge is 0.265 e. The van der Waals surface area contributed by atoms with Crippen LogP contribution < -0.4 is 15.4 Å². The number of para-hydroxylation sites is 1. The Morgan fingerprint density at radius 1 is 0.963 bits per heavy atom. The fraction of sp³-hybridized carbons (Fsp3) is 0.364. The summed E-state index contributed by atoms with van der Waals surface area (Å²) in [6.07, 6.45) is -0.645. The number of hydrogen-bond donors (Lipinski definition) is 2. The van der Waals surface area contributed by atoms with Gasteiger partial charge in [-0.3, -0.25) is 9.59 Å². The van der Waals surface area contributed by atoms with Crippen LogP contribution in [0.3, 0.4) is 0 Å². The molecule has 0 aliphatic rings. The van der Waals surface area contributed by atoms with Gasteiger partial charge in [0.05, 0.1) is 0 Å². The van der Waals surface area contributed by atoms with E-state index in [0.29, 0.717) is 11.3 Å². The van der Waals surface area contributed by atoms with E-state index < -0.39 is 6.10 Å². The van der Waals surface area contributed by atoms with E-state index in [1.807, 2.05) is 52.8 Å². The van der Waals surface area contributed by atoms with E-state index in [9.17, 15) is 9.59 Å². The Kier molecular flexibility index (Phi) is 6.26. The second-order valence-corrected chi connectivity index (χ2v) is 7.75. The SMILES string of the molecule is Cc1cccc(C)c1OC(C)C(=O)Nc1ccc(C(=O)NC(C)(C)C)cc1. The van der Waals surface area contributed by atoms with Gasteiger partial charge < -0.3 is 15.4 Å². The molecule has 0 aromatic heterocycles. The highest BCUT2D eigenvalue weighted by molar-refractivity contribution is 5.97. The van der Waals surface area contributed by atoms with Crippen LogP contribution in [0.1, 0.15) is 49.2 Å². The lowest BCUT2D eigenvalue weighted by Gasteiger charge is -2.20. The number of carbonyl (C=O) groups is 2. The molecule has 0 heterocycles. The molecule has 1 unspecified atom stereocenters. The average molecular weight is 368 g/mol. The summed E-state index contributed by atoms with van der Waals surface area (Å²) in [4.78, 5) is 24.6. The number of anilines is 1. The van der Waals surface area contributed by atoms with Crippen LogP contribution in [0, 0.1) is 13.8 Å². The van der Waals surface area contributed by atoms with E-state index >= 15 is 0 Å². The van der Waals surface area contributed by atoms with Crippen molar-refractivity contribution in [3.63, 3.8) is 0 Å². The van der Waals surface area contributed by atoms with E-state index in [-0.39, 0.29) is 17.4 Å². The molecule has 27 heavy (non-hydrogen) atoms. The van der Waals surface area contributed by atoms with E-state index in [0.717, 1.165) is 16.9 Å². The molecular weight excluding hydrogens is 340 g/mol. The third-order valence-corrected chi connectivity index (χ3v) is 3.98. The monoisotopic (exact) mass is 368 g/mol. The lowest BCUT2D eigenvalue weighted by molar-refractivity contribution is -0.122. The zero-order valence-corrected chi connectivity index (χ0v) is 16.8. The van der Waals surface area contributed by atoms with Gasteiger partial charge in [-0.25, -0.2) is 0 Å². The second-order valence-electron chi connectivity index (χ2n) is 7.75. The summed E-state index contributed by atoms with van der Waals surface area (Å²) in [5.41, 5.74) is 2.84. The summed E-state index contributed by atoms with van der Waals surface area (Å²) in [5, 5.41) is 5.73. The summed E-state index contributed by atoms with van der Waals surface area (Å²) in [6.45, 7) is 11.4. The number of rotatable bonds is 5. The highest BCUT2D eigenvalue weighted by Crippen LogP contribution is 2.24. The third-order valence-electron chi connectivity index (χ3n) is 3.98. The molecule has 2 amide bonds. The highest BCUT2D eigenvalue weighted by atomic mass is 16.5. The van der Waals surface area contributed by atoms with Crippen LogP contribution >= 0.6 is 0 Å². The van der Waals surface area contributed by atoms with Gasteiger partial charge >= 0.3 is 0 Å². The molecule has 2 rings (SSSR count). The Balaban J connectivity index is 2.00. The van der Waals surface area contributed by atoms with Crippen molar-refractivity contribution in [2.75, 3.05) is 5.32 Å². The second kappa shape index (κ2) is 8.25. The van der Waals surface area contributed by atoms with E-state index in [2.05, 4.69) is 10.6 Å². The minimum absolute atomic E-state index is 0.146. The van der Waals surface area contributed by atoms with Gasteiger partial charge in [0.2, 0.25) is 0 Å². The summed E-state index contributed by atoms with van der Waals surface area (Å²) in [6, 6.07) is 12.7. The first-order chi connectivity index (χ1) is 12.6. The zero-order chi connectivity index (χ0) is 20.2. The number of benzene rings is 2. The van der Waals surface area contributed by atoms with Gasteiger partial charge in [-0.1, -0.05) is 18.2 Å². The Morgan fingerprint density at radius 3 is 2.04 bits per heavy atom. The van der Waals surface area contributed by atoms with Crippen LogP contribution in [-0.4, -0.2) is 23.5 Å². The van der Waals surface area contributed by atoms with Crippen molar-refractivity contribution in [2.45, 2.75) is 53.2 Å². The maximum absolute atomic E-state index is 12.4. The fourth-order valence-electron chi connectivity index (χ4n) is 2.58. The largest absolute Gasteiger partial charge is 0.480 e. The van der Waals surface area contributed by atoms with Crippen LogP contribution in [0.15, 0.2) is 42.5 Å². The molecule has 2 aromatic rings.